The number of hydrogen-bond acceptors (Lipinski definition) is 6. The molecule has 106 valence electrons. The van der Waals surface area contributed by atoms with E-state index >= 15 is 0 Å². The highest BCUT2D eigenvalue weighted by Crippen LogP contribution is 2.26. The Balaban J connectivity index is 2.42. The first-order valence-corrected chi connectivity index (χ1v) is 7.38. The van der Waals surface area contributed by atoms with E-state index in [1.165, 1.54) is 23.1 Å². The van der Waals surface area contributed by atoms with Gasteiger partial charge in [-0.1, -0.05) is 11.8 Å². The minimum Gasteiger partial charge on any atom is -0.481 e. The molecule has 0 fully saturated rings. The number of thiazole rings is 1. The van der Waals surface area contributed by atoms with Gasteiger partial charge in [-0.15, -0.1) is 11.3 Å². The number of carboxylic acids is 1. The van der Waals surface area contributed by atoms with Crippen LogP contribution in [-0.2, 0) is 20.7 Å². The number of nitrogens with zero attached hydrogens (tertiary/aromatic N) is 1. The van der Waals surface area contributed by atoms with E-state index in [0.717, 1.165) is 0 Å². The first-order chi connectivity index (χ1) is 9.02. The number of aromatic nitrogens is 1. The van der Waals surface area contributed by atoms with Gasteiger partial charge in [0, 0.05) is 19.0 Å². The number of hydrogen-bond donors (Lipinski definition) is 2. The molecule has 1 rings (SSSR count). The van der Waals surface area contributed by atoms with Crippen molar-refractivity contribution < 1.29 is 19.4 Å². The molecular formula is C11H16N2O4S2. The average Bonchev–Trinajstić information content (AvgIpc) is 2.75. The fraction of sp³-hybridized carbons (Fsp3) is 0.545. The molecule has 0 radical (unpaired) electrons. The Morgan fingerprint density at radius 1 is 1.63 bits per heavy atom. The minimum atomic E-state index is -0.910. The molecule has 1 aromatic heterocycles. The van der Waals surface area contributed by atoms with Gasteiger partial charge in [0.15, 0.2) is 4.34 Å². The van der Waals surface area contributed by atoms with E-state index in [2.05, 4.69) is 10.3 Å². The lowest BCUT2D eigenvalue weighted by atomic mass is 10.3. The van der Waals surface area contributed by atoms with Crippen LogP contribution in [0, 0.1) is 0 Å². The van der Waals surface area contributed by atoms with Gasteiger partial charge in [-0.05, 0) is 6.92 Å². The zero-order valence-corrected chi connectivity index (χ0v) is 12.3. The molecule has 0 aromatic carbocycles. The first kappa shape index (κ1) is 15.9. The summed E-state index contributed by atoms with van der Waals surface area (Å²) >= 11 is 2.67. The van der Waals surface area contributed by atoms with Gasteiger partial charge in [-0.2, -0.15) is 0 Å². The number of thioether (sulfide) groups is 1. The van der Waals surface area contributed by atoms with E-state index in [4.69, 9.17) is 9.84 Å². The SMILES string of the molecule is COCCNC(=O)C(C)Sc1nc(CC(=O)O)cs1. The normalized spacial score (nSPS) is 12.1. The molecule has 0 aliphatic rings. The molecule has 1 aromatic rings. The Morgan fingerprint density at radius 2 is 2.37 bits per heavy atom. The van der Waals surface area contributed by atoms with Gasteiger partial charge >= 0.3 is 5.97 Å². The molecule has 0 saturated heterocycles. The summed E-state index contributed by atoms with van der Waals surface area (Å²) in [5.41, 5.74) is 0.520. The maximum Gasteiger partial charge on any atom is 0.309 e. The standard InChI is InChI=1S/C11H16N2O4S2/c1-7(10(16)12-3-4-17-2)19-11-13-8(6-18-11)5-9(14)15/h6-7H,3-5H2,1-2H3,(H,12,16)(H,14,15). The van der Waals surface area contributed by atoms with Crippen molar-refractivity contribution in [1.29, 1.82) is 0 Å². The van der Waals surface area contributed by atoms with Gasteiger partial charge in [-0.25, -0.2) is 4.98 Å². The second kappa shape index (κ2) is 8.13. The van der Waals surface area contributed by atoms with Crippen LogP contribution >= 0.6 is 23.1 Å². The Morgan fingerprint density at radius 3 is 3.00 bits per heavy atom. The molecule has 1 atom stereocenters. The largest absolute Gasteiger partial charge is 0.481 e. The quantitative estimate of drug-likeness (QED) is 0.550. The van der Waals surface area contributed by atoms with Crippen molar-refractivity contribution >= 4 is 35.0 Å². The number of carboxylic acid groups (broad SMARTS) is 1. The highest BCUT2D eigenvalue weighted by atomic mass is 32.2. The number of methoxy groups -OCH3 is 1. The molecule has 1 unspecified atom stereocenters. The second-order valence-electron chi connectivity index (χ2n) is 3.72. The van der Waals surface area contributed by atoms with Crippen molar-refractivity contribution in [3.8, 4) is 0 Å². The molecule has 2 N–H and O–H groups in total. The third kappa shape index (κ3) is 6.04. The van der Waals surface area contributed by atoms with Crippen molar-refractivity contribution in [1.82, 2.24) is 10.3 Å². The summed E-state index contributed by atoms with van der Waals surface area (Å²) < 4.78 is 5.54. The average molecular weight is 304 g/mol. The summed E-state index contributed by atoms with van der Waals surface area (Å²) in [6, 6.07) is 0. The Kier molecular flexibility index (Phi) is 6.82. The van der Waals surface area contributed by atoms with E-state index < -0.39 is 5.97 Å². The van der Waals surface area contributed by atoms with Crippen LogP contribution in [0.1, 0.15) is 12.6 Å². The lowest BCUT2D eigenvalue weighted by Crippen LogP contribution is -2.33. The van der Waals surface area contributed by atoms with Gasteiger partial charge in [0.1, 0.15) is 0 Å². The van der Waals surface area contributed by atoms with Crippen molar-refractivity contribution in [2.24, 2.45) is 0 Å². The number of carbonyl (C=O) groups excluding carboxylic acids is 1. The summed E-state index contributed by atoms with van der Waals surface area (Å²) in [4.78, 5) is 26.4. The highest BCUT2D eigenvalue weighted by molar-refractivity contribution is 8.02. The maximum absolute atomic E-state index is 11.7. The summed E-state index contributed by atoms with van der Waals surface area (Å²) in [6.07, 6.45) is -0.0918. The van der Waals surface area contributed by atoms with Gasteiger partial charge in [0.2, 0.25) is 5.91 Å². The zero-order valence-electron chi connectivity index (χ0n) is 10.7. The molecule has 0 aliphatic carbocycles. The lowest BCUT2D eigenvalue weighted by Gasteiger charge is -2.09. The monoisotopic (exact) mass is 304 g/mol. The molecule has 6 nitrogen and oxygen atoms in total. The molecule has 0 bridgehead atoms. The summed E-state index contributed by atoms with van der Waals surface area (Å²) in [5.74, 6) is -0.996. The number of aliphatic carboxylic acids is 1. The molecule has 0 spiro atoms. The third-order valence-corrected chi connectivity index (χ3v) is 4.24. The highest BCUT2D eigenvalue weighted by Gasteiger charge is 2.16. The van der Waals surface area contributed by atoms with Crippen molar-refractivity contribution in [3.05, 3.63) is 11.1 Å². The Hall–Kier alpha value is -1.12. The molecule has 0 aliphatic heterocycles. The Labute approximate surface area is 119 Å². The predicted molar refractivity (Wildman–Crippen MR) is 73.7 cm³/mol. The zero-order chi connectivity index (χ0) is 14.3. The topological polar surface area (TPSA) is 88.5 Å². The predicted octanol–water partition coefficient (Wildman–Crippen LogP) is 1.01. The number of nitrogens with one attached hydrogen (secondary N) is 1. The van der Waals surface area contributed by atoms with Crippen molar-refractivity contribution in [2.45, 2.75) is 22.9 Å². The smallest absolute Gasteiger partial charge is 0.309 e. The number of ether oxygens (including phenoxy) is 1. The number of rotatable bonds is 8. The van der Waals surface area contributed by atoms with E-state index in [1.54, 1.807) is 19.4 Å². The van der Waals surface area contributed by atoms with E-state index in [1.807, 2.05) is 0 Å². The third-order valence-electron chi connectivity index (χ3n) is 2.12. The van der Waals surface area contributed by atoms with Crippen LogP contribution in [0.5, 0.6) is 0 Å². The number of carbonyl (C=O) groups is 2. The second-order valence-corrected chi connectivity index (χ2v) is 6.17. The van der Waals surface area contributed by atoms with Crippen LogP contribution in [0.3, 0.4) is 0 Å². The first-order valence-electron chi connectivity index (χ1n) is 5.62. The van der Waals surface area contributed by atoms with Gasteiger partial charge in [0.25, 0.3) is 0 Å². The van der Waals surface area contributed by atoms with Gasteiger partial charge in [0.05, 0.1) is 24.0 Å². The molecular weight excluding hydrogens is 288 g/mol. The van der Waals surface area contributed by atoms with Crippen LogP contribution in [0.4, 0.5) is 0 Å². The van der Waals surface area contributed by atoms with Crippen LogP contribution < -0.4 is 5.32 Å². The summed E-state index contributed by atoms with van der Waals surface area (Å²) in [7, 11) is 1.57. The number of amides is 1. The van der Waals surface area contributed by atoms with Crippen LogP contribution in [0.15, 0.2) is 9.72 Å². The summed E-state index contributed by atoms with van der Waals surface area (Å²) in [6.45, 7) is 2.73. The molecule has 8 heteroatoms. The molecule has 1 heterocycles. The molecule has 0 saturated carbocycles. The molecule has 1 amide bonds. The van der Waals surface area contributed by atoms with Crippen molar-refractivity contribution in [2.75, 3.05) is 20.3 Å². The van der Waals surface area contributed by atoms with E-state index in [9.17, 15) is 9.59 Å². The van der Waals surface area contributed by atoms with Crippen LogP contribution in [0.2, 0.25) is 0 Å². The fourth-order valence-electron chi connectivity index (χ4n) is 1.20. The Bertz CT molecular complexity index is 436. The fourth-order valence-corrected chi connectivity index (χ4v) is 3.21. The van der Waals surface area contributed by atoms with Crippen molar-refractivity contribution in [3.63, 3.8) is 0 Å². The minimum absolute atomic E-state index is 0.0861. The summed E-state index contributed by atoms with van der Waals surface area (Å²) in [5, 5.41) is 12.8. The van der Waals surface area contributed by atoms with E-state index in [0.29, 0.717) is 23.2 Å². The molecule has 19 heavy (non-hydrogen) atoms. The maximum atomic E-state index is 11.7. The van der Waals surface area contributed by atoms with Crippen LogP contribution in [0.25, 0.3) is 0 Å². The van der Waals surface area contributed by atoms with Gasteiger partial charge < -0.3 is 15.2 Å². The van der Waals surface area contributed by atoms with Crippen LogP contribution in [-0.4, -0.2) is 47.5 Å². The van der Waals surface area contributed by atoms with E-state index in [-0.39, 0.29) is 17.6 Å². The van der Waals surface area contributed by atoms with Gasteiger partial charge in [-0.3, -0.25) is 9.59 Å². The lowest BCUT2D eigenvalue weighted by molar-refractivity contribution is -0.136.